The van der Waals surface area contributed by atoms with Gasteiger partial charge in [-0.1, -0.05) is 51.4 Å². The minimum atomic E-state index is -0.390. The van der Waals surface area contributed by atoms with E-state index in [1.807, 2.05) is 24.3 Å². The number of nitrogens with zero attached hydrogens (tertiary/aromatic N) is 3. The highest BCUT2D eigenvalue weighted by atomic mass is 79.9. The first kappa shape index (κ1) is 17.3. The molecule has 5 nitrogen and oxygen atoms in total. The molecule has 0 spiro atoms. The van der Waals surface area contributed by atoms with Crippen LogP contribution in [0, 0.1) is 5.82 Å². The van der Waals surface area contributed by atoms with Crippen molar-refractivity contribution < 1.29 is 13.7 Å². The molecule has 0 N–H and O–H groups in total. The summed E-state index contributed by atoms with van der Waals surface area (Å²) < 4.78 is 19.8. The zero-order valence-electron chi connectivity index (χ0n) is 13.4. The molecule has 0 aliphatic carbocycles. The summed E-state index contributed by atoms with van der Waals surface area (Å²) in [4.78, 5) is 18.0. The minimum absolute atomic E-state index is 0.0181. The molecule has 1 aromatic heterocycles. The first-order valence-electron chi connectivity index (χ1n) is 7.59. The van der Waals surface area contributed by atoms with Crippen LogP contribution in [0.15, 0.2) is 57.5 Å². The lowest BCUT2D eigenvalue weighted by atomic mass is 10.1. The van der Waals surface area contributed by atoms with Crippen LogP contribution in [0.1, 0.15) is 11.5 Å². The van der Waals surface area contributed by atoms with E-state index in [9.17, 15) is 9.18 Å². The monoisotopic (exact) mass is 403 g/mol. The Balaban J connectivity index is 1.66. The van der Waals surface area contributed by atoms with E-state index in [2.05, 4.69) is 26.1 Å². The first-order valence-corrected chi connectivity index (χ1v) is 8.38. The second kappa shape index (κ2) is 7.57. The molecule has 1 amide bonds. The predicted molar refractivity (Wildman–Crippen MR) is 94.0 cm³/mol. The zero-order valence-corrected chi connectivity index (χ0v) is 15.0. The summed E-state index contributed by atoms with van der Waals surface area (Å²) in [5.74, 6) is 0.150. The number of carbonyl (C=O) groups is 1. The Morgan fingerprint density at radius 2 is 2.04 bits per heavy atom. The lowest BCUT2D eigenvalue weighted by Gasteiger charge is -2.14. The fraction of sp³-hybridized carbons (Fsp3) is 0.167. The van der Waals surface area contributed by atoms with Crippen molar-refractivity contribution in [3.05, 3.63) is 70.3 Å². The van der Waals surface area contributed by atoms with Gasteiger partial charge in [0.25, 0.3) is 0 Å². The van der Waals surface area contributed by atoms with Crippen molar-refractivity contribution in [2.24, 2.45) is 0 Å². The molecule has 0 aliphatic heterocycles. The van der Waals surface area contributed by atoms with Gasteiger partial charge in [0, 0.05) is 17.1 Å². The van der Waals surface area contributed by atoms with Gasteiger partial charge < -0.3 is 9.42 Å². The van der Waals surface area contributed by atoms with Gasteiger partial charge in [0.15, 0.2) is 0 Å². The molecular weight excluding hydrogens is 389 g/mol. The normalized spacial score (nSPS) is 10.7. The second-order valence-corrected chi connectivity index (χ2v) is 6.46. The number of halogens is 2. The molecule has 3 aromatic rings. The van der Waals surface area contributed by atoms with Crippen molar-refractivity contribution >= 4 is 21.8 Å². The third kappa shape index (κ3) is 4.30. The lowest BCUT2D eigenvalue weighted by molar-refractivity contribution is -0.130. The molecule has 0 radical (unpaired) electrons. The number of amides is 1. The summed E-state index contributed by atoms with van der Waals surface area (Å²) in [6.07, 6.45) is -0.0181. The Morgan fingerprint density at radius 3 is 2.80 bits per heavy atom. The Labute approximate surface area is 152 Å². The van der Waals surface area contributed by atoms with E-state index in [-0.39, 0.29) is 24.7 Å². The summed E-state index contributed by atoms with van der Waals surface area (Å²) in [6.45, 7) is 0.161. The molecule has 0 saturated heterocycles. The standard InChI is InChI=1S/C18H15BrFN3O2/c1-23(17(24)10-12-5-2-3-8-15(12)20)11-16-21-18(22-25-16)13-6-4-7-14(19)9-13/h2-9H,10-11H2,1H3. The third-order valence-electron chi connectivity index (χ3n) is 3.65. The van der Waals surface area contributed by atoms with Crippen LogP contribution in [0.5, 0.6) is 0 Å². The van der Waals surface area contributed by atoms with E-state index in [4.69, 9.17) is 4.52 Å². The van der Waals surface area contributed by atoms with Crippen molar-refractivity contribution in [1.29, 1.82) is 0 Å². The van der Waals surface area contributed by atoms with Crippen molar-refractivity contribution in [3.63, 3.8) is 0 Å². The highest BCUT2D eigenvalue weighted by Crippen LogP contribution is 2.20. The summed E-state index contributed by atoms with van der Waals surface area (Å²) in [5, 5.41) is 3.93. The van der Waals surface area contributed by atoms with E-state index in [0.29, 0.717) is 17.3 Å². The SMILES string of the molecule is CN(Cc1nc(-c2cccc(Br)c2)no1)C(=O)Cc1ccccc1F. The van der Waals surface area contributed by atoms with Gasteiger partial charge in [0.05, 0.1) is 13.0 Å². The fourth-order valence-corrected chi connectivity index (χ4v) is 2.69. The lowest BCUT2D eigenvalue weighted by Crippen LogP contribution is -2.28. The van der Waals surface area contributed by atoms with Crippen LogP contribution >= 0.6 is 15.9 Å². The number of rotatable bonds is 5. The van der Waals surface area contributed by atoms with E-state index in [1.165, 1.54) is 11.0 Å². The minimum Gasteiger partial charge on any atom is -0.337 e. The van der Waals surface area contributed by atoms with Gasteiger partial charge in [-0.15, -0.1) is 0 Å². The largest absolute Gasteiger partial charge is 0.337 e. The molecule has 128 valence electrons. The molecule has 3 rings (SSSR count). The zero-order chi connectivity index (χ0) is 17.8. The third-order valence-corrected chi connectivity index (χ3v) is 4.14. The maximum atomic E-state index is 13.6. The average Bonchev–Trinajstić information content (AvgIpc) is 3.05. The highest BCUT2D eigenvalue weighted by Gasteiger charge is 2.16. The molecule has 0 bridgehead atoms. The summed E-state index contributed by atoms with van der Waals surface area (Å²) >= 11 is 3.39. The quantitative estimate of drug-likeness (QED) is 0.649. The fourth-order valence-electron chi connectivity index (χ4n) is 2.29. The second-order valence-electron chi connectivity index (χ2n) is 5.54. The maximum Gasteiger partial charge on any atom is 0.246 e. The summed E-state index contributed by atoms with van der Waals surface area (Å²) in [7, 11) is 1.62. The first-order chi connectivity index (χ1) is 12.0. The predicted octanol–water partition coefficient (Wildman–Crippen LogP) is 3.84. The van der Waals surface area contributed by atoms with Crippen LogP contribution < -0.4 is 0 Å². The van der Waals surface area contributed by atoms with Crippen LogP contribution in [-0.4, -0.2) is 28.0 Å². The van der Waals surface area contributed by atoms with Gasteiger partial charge in [-0.2, -0.15) is 4.98 Å². The number of likely N-dealkylation sites (N-methyl/N-ethyl adjacent to an activating group) is 1. The maximum absolute atomic E-state index is 13.6. The van der Waals surface area contributed by atoms with Crippen LogP contribution in [0.3, 0.4) is 0 Å². The van der Waals surface area contributed by atoms with Gasteiger partial charge in [-0.25, -0.2) is 4.39 Å². The van der Waals surface area contributed by atoms with Crippen LogP contribution in [-0.2, 0) is 17.8 Å². The molecule has 0 atom stereocenters. The molecule has 2 aromatic carbocycles. The van der Waals surface area contributed by atoms with Crippen molar-refractivity contribution in [3.8, 4) is 11.4 Å². The summed E-state index contributed by atoms with van der Waals surface area (Å²) in [6, 6.07) is 13.8. The molecule has 0 unspecified atom stereocenters. The number of aromatic nitrogens is 2. The number of carbonyl (C=O) groups excluding carboxylic acids is 1. The van der Waals surface area contributed by atoms with Crippen LogP contribution in [0.4, 0.5) is 4.39 Å². The Hall–Kier alpha value is -2.54. The molecule has 0 saturated carbocycles. The highest BCUT2D eigenvalue weighted by molar-refractivity contribution is 9.10. The van der Waals surface area contributed by atoms with Crippen molar-refractivity contribution in [2.75, 3.05) is 7.05 Å². The van der Waals surface area contributed by atoms with Gasteiger partial charge >= 0.3 is 0 Å². The Kier molecular flexibility index (Phi) is 5.23. The Morgan fingerprint density at radius 1 is 1.24 bits per heavy atom. The number of hydrogen-bond donors (Lipinski definition) is 0. The van der Waals surface area contributed by atoms with E-state index < -0.39 is 0 Å². The smallest absolute Gasteiger partial charge is 0.246 e. The van der Waals surface area contributed by atoms with Gasteiger partial charge in [-0.05, 0) is 23.8 Å². The van der Waals surface area contributed by atoms with Crippen LogP contribution in [0.25, 0.3) is 11.4 Å². The molecule has 1 heterocycles. The van der Waals surface area contributed by atoms with Gasteiger partial charge in [0.1, 0.15) is 5.82 Å². The number of benzene rings is 2. The van der Waals surface area contributed by atoms with Crippen molar-refractivity contribution in [2.45, 2.75) is 13.0 Å². The van der Waals surface area contributed by atoms with E-state index >= 15 is 0 Å². The van der Waals surface area contributed by atoms with Crippen molar-refractivity contribution in [1.82, 2.24) is 15.0 Å². The molecule has 25 heavy (non-hydrogen) atoms. The molecular formula is C18H15BrFN3O2. The summed E-state index contributed by atoms with van der Waals surface area (Å²) in [5.41, 5.74) is 1.17. The van der Waals surface area contributed by atoms with Gasteiger partial charge in [-0.3, -0.25) is 4.79 Å². The number of hydrogen-bond acceptors (Lipinski definition) is 4. The topological polar surface area (TPSA) is 59.2 Å². The Bertz CT molecular complexity index is 897. The van der Waals surface area contributed by atoms with Crippen LogP contribution in [0.2, 0.25) is 0 Å². The molecule has 7 heteroatoms. The molecule has 0 fully saturated rings. The van der Waals surface area contributed by atoms with E-state index in [1.54, 1.807) is 25.2 Å². The van der Waals surface area contributed by atoms with Gasteiger partial charge in [0.2, 0.25) is 17.6 Å². The van der Waals surface area contributed by atoms with E-state index in [0.717, 1.165) is 10.0 Å². The average molecular weight is 404 g/mol. The molecule has 0 aliphatic rings.